The van der Waals surface area contributed by atoms with Gasteiger partial charge in [-0.2, -0.15) is 0 Å². The van der Waals surface area contributed by atoms with Gasteiger partial charge in [-0.25, -0.2) is 4.98 Å². The number of carbonyl (C=O) groups excluding carboxylic acids is 2. The molecule has 2 saturated heterocycles. The Labute approximate surface area is 214 Å². The molecule has 2 aliphatic heterocycles. The molecular formula is C28H40N2O6. The highest BCUT2D eigenvalue weighted by molar-refractivity contribution is 5.88. The van der Waals surface area contributed by atoms with Gasteiger partial charge >= 0.3 is 5.97 Å². The number of aryl methyl sites for hydroxylation is 1. The first kappa shape index (κ1) is 28.1. The summed E-state index contributed by atoms with van der Waals surface area (Å²) in [6, 6.07) is 0. The fourth-order valence-electron chi connectivity index (χ4n) is 5.04. The van der Waals surface area contributed by atoms with Crippen LogP contribution >= 0.6 is 0 Å². The highest BCUT2D eigenvalue weighted by Gasteiger charge is 2.53. The Morgan fingerprint density at radius 2 is 2.00 bits per heavy atom. The second kappa shape index (κ2) is 10.9. The first-order chi connectivity index (χ1) is 16.8. The predicted octanol–water partition coefficient (Wildman–Crippen LogP) is 3.06. The smallest absolute Gasteiger partial charge is 0.309 e. The van der Waals surface area contributed by atoms with Crippen molar-refractivity contribution in [3.05, 3.63) is 23.8 Å². The second-order valence-electron chi connectivity index (χ2n) is 11.2. The standard InChI is InChI=1S/C28H40N2O6/c1-8-19-10-9-11-28(6)22(36-28)15-20(17(2)14-23-29-12-13-30(23)7)35-24(32)16-21(31)27(4,5)26(34)18(3)25(19)33/h1,12-14,18-22,25,31,33H,9-11,15-16H2,2-7H3/b17-14+/t18-,19+,20+,21+,22+,25-,28-/m1/s1. The van der Waals surface area contributed by atoms with Crippen LogP contribution < -0.4 is 0 Å². The molecule has 3 heterocycles. The third-order valence-corrected chi connectivity index (χ3v) is 8.03. The number of ketones is 1. The van der Waals surface area contributed by atoms with Crippen molar-refractivity contribution in [3.8, 4) is 12.3 Å². The van der Waals surface area contributed by atoms with Crippen LogP contribution in [0, 0.1) is 29.6 Å². The van der Waals surface area contributed by atoms with Crippen LogP contribution in [0.4, 0.5) is 0 Å². The Bertz CT molecular complexity index is 1040. The number of Topliss-reactive ketones (excluding diaryl/α,β-unsaturated/α-hetero) is 1. The van der Waals surface area contributed by atoms with Crippen LogP contribution in [0.2, 0.25) is 0 Å². The summed E-state index contributed by atoms with van der Waals surface area (Å²) in [5.74, 6) is 1.14. The van der Waals surface area contributed by atoms with Gasteiger partial charge in [0.15, 0.2) is 0 Å². The molecule has 0 amide bonds. The van der Waals surface area contributed by atoms with E-state index in [0.29, 0.717) is 12.8 Å². The molecule has 0 unspecified atom stereocenters. The highest BCUT2D eigenvalue weighted by Crippen LogP contribution is 2.45. The number of aliphatic hydroxyl groups excluding tert-OH is 2. The number of hydrogen-bond donors (Lipinski definition) is 2. The lowest BCUT2D eigenvalue weighted by atomic mass is 9.72. The van der Waals surface area contributed by atoms with Crippen LogP contribution in [0.5, 0.6) is 0 Å². The van der Waals surface area contributed by atoms with E-state index >= 15 is 0 Å². The Balaban J connectivity index is 1.89. The summed E-state index contributed by atoms with van der Waals surface area (Å²) in [6.45, 7) is 8.69. The van der Waals surface area contributed by atoms with E-state index in [1.165, 1.54) is 0 Å². The maximum atomic E-state index is 13.3. The van der Waals surface area contributed by atoms with Crippen LogP contribution in [0.3, 0.4) is 0 Å². The number of rotatable bonds is 2. The molecule has 1 aromatic heterocycles. The molecule has 198 valence electrons. The molecule has 8 heteroatoms. The number of esters is 1. The number of fused-ring (bicyclic) bond motifs is 1. The van der Waals surface area contributed by atoms with Crippen molar-refractivity contribution < 1.29 is 29.3 Å². The number of terminal acetylenes is 1. The normalized spacial score (nSPS) is 36.5. The average molecular weight is 501 g/mol. The van der Waals surface area contributed by atoms with Crippen molar-refractivity contribution in [2.45, 2.75) is 96.7 Å². The topological polar surface area (TPSA) is 114 Å². The summed E-state index contributed by atoms with van der Waals surface area (Å²) in [6.07, 6.45) is 10.2. The minimum absolute atomic E-state index is 0.107. The van der Waals surface area contributed by atoms with E-state index in [1.54, 1.807) is 27.0 Å². The van der Waals surface area contributed by atoms with Gasteiger partial charge in [0.1, 0.15) is 17.7 Å². The fraction of sp³-hybridized carbons (Fsp3) is 0.679. The van der Waals surface area contributed by atoms with Gasteiger partial charge in [-0.1, -0.05) is 20.8 Å². The number of hydrogen-bond acceptors (Lipinski definition) is 7. The molecule has 0 saturated carbocycles. The van der Waals surface area contributed by atoms with Crippen LogP contribution in [-0.4, -0.2) is 61.5 Å². The number of imidazole rings is 1. The first-order valence-corrected chi connectivity index (χ1v) is 12.7. The molecule has 1 aromatic rings. The second-order valence-corrected chi connectivity index (χ2v) is 11.2. The van der Waals surface area contributed by atoms with Crippen molar-refractivity contribution in [1.82, 2.24) is 9.55 Å². The predicted molar refractivity (Wildman–Crippen MR) is 135 cm³/mol. The molecule has 0 radical (unpaired) electrons. The van der Waals surface area contributed by atoms with Gasteiger partial charge in [0, 0.05) is 37.7 Å². The Morgan fingerprint density at radius 3 is 2.61 bits per heavy atom. The molecule has 7 atom stereocenters. The van der Waals surface area contributed by atoms with Crippen LogP contribution in [0.25, 0.3) is 6.08 Å². The lowest BCUT2D eigenvalue weighted by molar-refractivity contribution is -0.154. The minimum atomic E-state index is -1.29. The SMILES string of the molecule is C#C[C@H]1CCC[C@@]2(C)O[C@H]2C[C@@H](/C(C)=C/c2nccn2C)OC(=O)C[C@H](O)C(C)(C)C(=O)[C@H](C)[C@H]1O. The summed E-state index contributed by atoms with van der Waals surface area (Å²) in [7, 11) is 1.88. The van der Waals surface area contributed by atoms with E-state index in [-0.39, 0.29) is 23.9 Å². The third kappa shape index (κ3) is 6.08. The van der Waals surface area contributed by atoms with Gasteiger partial charge in [0.05, 0.1) is 35.7 Å². The molecule has 0 bridgehead atoms. The van der Waals surface area contributed by atoms with E-state index in [4.69, 9.17) is 15.9 Å². The van der Waals surface area contributed by atoms with Gasteiger partial charge in [0.2, 0.25) is 0 Å². The minimum Gasteiger partial charge on any atom is -0.458 e. The Hall–Kier alpha value is -2.47. The molecule has 36 heavy (non-hydrogen) atoms. The van der Waals surface area contributed by atoms with Crippen molar-refractivity contribution in [1.29, 1.82) is 0 Å². The Morgan fingerprint density at radius 1 is 1.31 bits per heavy atom. The summed E-state index contributed by atoms with van der Waals surface area (Å²) in [5, 5.41) is 21.8. The van der Waals surface area contributed by atoms with Crippen LogP contribution in [0.15, 0.2) is 18.0 Å². The number of nitrogens with zero attached hydrogens (tertiary/aromatic N) is 2. The average Bonchev–Trinajstić information content (AvgIpc) is 3.27. The van der Waals surface area contributed by atoms with Crippen LogP contribution in [-0.2, 0) is 26.1 Å². The molecular weight excluding hydrogens is 460 g/mol. The summed E-state index contributed by atoms with van der Waals surface area (Å²) in [5.41, 5.74) is -0.843. The molecule has 2 N–H and O–H groups in total. The quantitative estimate of drug-likeness (QED) is 0.364. The summed E-state index contributed by atoms with van der Waals surface area (Å²) >= 11 is 0. The van der Waals surface area contributed by atoms with E-state index < -0.39 is 41.5 Å². The number of carbonyl (C=O) groups is 2. The number of ether oxygens (including phenoxy) is 2. The monoisotopic (exact) mass is 500 g/mol. The van der Waals surface area contributed by atoms with E-state index in [2.05, 4.69) is 10.9 Å². The molecule has 0 spiro atoms. The number of cyclic esters (lactones) is 1. The van der Waals surface area contributed by atoms with Gasteiger partial charge in [0.25, 0.3) is 0 Å². The third-order valence-electron chi connectivity index (χ3n) is 8.03. The largest absolute Gasteiger partial charge is 0.458 e. The molecule has 2 fully saturated rings. The zero-order valence-corrected chi connectivity index (χ0v) is 22.2. The lowest BCUT2D eigenvalue weighted by Gasteiger charge is -2.34. The number of aromatic nitrogens is 2. The molecule has 0 aromatic carbocycles. The van der Waals surface area contributed by atoms with Crippen molar-refractivity contribution in [2.24, 2.45) is 24.3 Å². The highest BCUT2D eigenvalue weighted by atomic mass is 16.6. The number of aliphatic hydroxyl groups is 2. The molecule has 0 aliphatic carbocycles. The Kier molecular flexibility index (Phi) is 8.49. The van der Waals surface area contributed by atoms with Gasteiger partial charge in [-0.05, 0) is 44.8 Å². The van der Waals surface area contributed by atoms with E-state index in [0.717, 1.165) is 24.2 Å². The van der Waals surface area contributed by atoms with Gasteiger partial charge in [-0.15, -0.1) is 12.3 Å². The van der Waals surface area contributed by atoms with E-state index in [9.17, 15) is 19.8 Å². The number of epoxide rings is 1. The maximum absolute atomic E-state index is 13.3. The summed E-state index contributed by atoms with van der Waals surface area (Å²) < 4.78 is 13.8. The molecule has 2 aliphatic rings. The fourth-order valence-corrected chi connectivity index (χ4v) is 5.04. The van der Waals surface area contributed by atoms with Gasteiger partial charge < -0.3 is 24.3 Å². The van der Waals surface area contributed by atoms with Crippen molar-refractivity contribution in [2.75, 3.05) is 0 Å². The zero-order chi connectivity index (χ0) is 26.8. The van der Waals surface area contributed by atoms with Crippen molar-refractivity contribution >= 4 is 17.8 Å². The lowest BCUT2D eigenvalue weighted by Crippen LogP contribution is -2.46. The van der Waals surface area contributed by atoms with Gasteiger partial charge in [-0.3, -0.25) is 9.59 Å². The van der Waals surface area contributed by atoms with Crippen LogP contribution in [0.1, 0.15) is 72.5 Å². The maximum Gasteiger partial charge on any atom is 0.309 e. The van der Waals surface area contributed by atoms with E-state index in [1.807, 2.05) is 37.7 Å². The van der Waals surface area contributed by atoms with Crippen molar-refractivity contribution in [3.63, 3.8) is 0 Å². The zero-order valence-electron chi connectivity index (χ0n) is 22.2. The molecule has 8 nitrogen and oxygen atoms in total. The molecule has 3 rings (SSSR count). The first-order valence-electron chi connectivity index (χ1n) is 12.7. The summed E-state index contributed by atoms with van der Waals surface area (Å²) in [4.78, 5) is 30.5.